The van der Waals surface area contributed by atoms with Crippen molar-refractivity contribution < 1.29 is 27.9 Å². The molecule has 0 aromatic heterocycles. The number of benzene rings is 2. The SMILES string of the molecule is CCOc1ccc(NC(=O)C[NH+](C)Cc2ccc(OC(F)F)cc2)cc1. The van der Waals surface area contributed by atoms with Crippen molar-refractivity contribution in [2.24, 2.45) is 0 Å². The summed E-state index contributed by atoms with van der Waals surface area (Å²) in [6, 6.07) is 13.6. The molecule has 2 N–H and O–H groups in total. The summed E-state index contributed by atoms with van der Waals surface area (Å²) < 4.78 is 33.9. The Morgan fingerprint density at radius 2 is 1.69 bits per heavy atom. The maximum absolute atomic E-state index is 12.1. The highest BCUT2D eigenvalue weighted by molar-refractivity contribution is 5.91. The lowest BCUT2D eigenvalue weighted by Gasteiger charge is -2.14. The van der Waals surface area contributed by atoms with Gasteiger partial charge in [-0.05, 0) is 55.5 Å². The minimum Gasteiger partial charge on any atom is -0.494 e. The van der Waals surface area contributed by atoms with Crippen LogP contribution < -0.4 is 19.7 Å². The summed E-state index contributed by atoms with van der Waals surface area (Å²) in [6.45, 7) is 0.539. The number of amides is 1. The summed E-state index contributed by atoms with van der Waals surface area (Å²) >= 11 is 0. The smallest absolute Gasteiger partial charge is 0.387 e. The molecule has 0 spiro atoms. The Kier molecular flexibility index (Phi) is 7.35. The molecule has 26 heavy (non-hydrogen) atoms. The van der Waals surface area contributed by atoms with Crippen LogP contribution >= 0.6 is 0 Å². The first-order valence-electron chi connectivity index (χ1n) is 8.34. The Labute approximate surface area is 151 Å². The Morgan fingerprint density at radius 3 is 2.27 bits per heavy atom. The van der Waals surface area contributed by atoms with Crippen LogP contribution in [0, 0.1) is 0 Å². The lowest BCUT2D eigenvalue weighted by molar-refractivity contribution is -0.885. The Bertz CT molecular complexity index is 691. The molecule has 1 amide bonds. The molecule has 0 aliphatic rings. The first kappa shape index (κ1) is 19.7. The monoisotopic (exact) mass is 365 g/mol. The summed E-state index contributed by atoms with van der Waals surface area (Å²) in [5.41, 5.74) is 1.64. The molecular weight excluding hydrogens is 342 g/mol. The quantitative estimate of drug-likeness (QED) is 0.717. The fourth-order valence-corrected chi connectivity index (χ4v) is 2.48. The number of carbonyl (C=O) groups excluding carboxylic acids is 1. The number of quaternary nitrogens is 1. The van der Waals surface area contributed by atoms with Crippen molar-refractivity contribution in [3.8, 4) is 11.5 Å². The number of halogens is 2. The van der Waals surface area contributed by atoms with Gasteiger partial charge in [-0.15, -0.1) is 0 Å². The summed E-state index contributed by atoms with van der Waals surface area (Å²) in [7, 11) is 1.89. The van der Waals surface area contributed by atoms with Gasteiger partial charge in [0.05, 0.1) is 13.7 Å². The van der Waals surface area contributed by atoms with Gasteiger partial charge < -0.3 is 19.7 Å². The van der Waals surface area contributed by atoms with Gasteiger partial charge in [0.15, 0.2) is 6.54 Å². The summed E-state index contributed by atoms with van der Waals surface area (Å²) in [5, 5.41) is 2.84. The van der Waals surface area contributed by atoms with E-state index in [-0.39, 0.29) is 18.2 Å². The minimum atomic E-state index is -2.83. The van der Waals surface area contributed by atoms with E-state index in [1.54, 1.807) is 36.4 Å². The molecule has 0 bridgehead atoms. The third kappa shape index (κ3) is 6.68. The molecule has 0 aliphatic carbocycles. The fraction of sp³-hybridized carbons (Fsp3) is 0.316. The molecule has 7 heteroatoms. The molecule has 1 atom stereocenters. The topological polar surface area (TPSA) is 52.0 Å². The third-order valence-electron chi connectivity index (χ3n) is 3.57. The third-order valence-corrected chi connectivity index (χ3v) is 3.57. The number of carbonyl (C=O) groups is 1. The largest absolute Gasteiger partial charge is 0.494 e. The van der Waals surface area contributed by atoms with Crippen LogP contribution in [0.5, 0.6) is 11.5 Å². The first-order chi connectivity index (χ1) is 12.5. The Morgan fingerprint density at radius 1 is 1.08 bits per heavy atom. The maximum atomic E-state index is 12.1. The van der Waals surface area contributed by atoms with Gasteiger partial charge in [0.25, 0.3) is 5.91 Å². The molecule has 1 unspecified atom stereocenters. The molecule has 0 radical (unpaired) electrons. The number of hydrogen-bond acceptors (Lipinski definition) is 3. The van der Waals surface area contributed by atoms with Crippen molar-refractivity contribution in [3.63, 3.8) is 0 Å². The van der Waals surface area contributed by atoms with Crippen LogP contribution in [0.4, 0.5) is 14.5 Å². The molecule has 2 aromatic rings. The van der Waals surface area contributed by atoms with Gasteiger partial charge in [-0.1, -0.05) is 0 Å². The molecule has 2 rings (SSSR count). The van der Waals surface area contributed by atoms with Crippen LogP contribution in [0.3, 0.4) is 0 Å². The lowest BCUT2D eigenvalue weighted by atomic mass is 10.2. The number of ether oxygens (including phenoxy) is 2. The van der Waals surface area contributed by atoms with Gasteiger partial charge in [0.1, 0.15) is 18.0 Å². The van der Waals surface area contributed by atoms with Crippen molar-refractivity contribution in [2.75, 3.05) is 25.5 Å². The predicted octanol–water partition coefficient (Wildman–Crippen LogP) is 2.34. The van der Waals surface area contributed by atoms with Crippen LogP contribution in [-0.2, 0) is 11.3 Å². The molecular formula is C19H23F2N2O3+. The van der Waals surface area contributed by atoms with Crippen molar-refractivity contribution >= 4 is 11.6 Å². The van der Waals surface area contributed by atoms with E-state index < -0.39 is 6.61 Å². The van der Waals surface area contributed by atoms with Crippen molar-refractivity contribution in [3.05, 3.63) is 54.1 Å². The van der Waals surface area contributed by atoms with Gasteiger partial charge in [0.2, 0.25) is 0 Å². The van der Waals surface area contributed by atoms with Crippen molar-refractivity contribution in [1.82, 2.24) is 0 Å². The van der Waals surface area contributed by atoms with E-state index in [1.807, 2.05) is 14.0 Å². The van der Waals surface area contributed by atoms with Gasteiger partial charge in [-0.2, -0.15) is 8.78 Å². The van der Waals surface area contributed by atoms with E-state index in [2.05, 4.69) is 10.1 Å². The summed E-state index contributed by atoms with van der Waals surface area (Å²) in [4.78, 5) is 13.1. The molecule has 5 nitrogen and oxygen atoms in total. The number of nitrogens with one attached hydrogen (secondary N) is 2. The lowest BCUT2D eigenvalue weighted by Crippen LogP contribution is -3.08. The highest BCUT2D eigenvalue weighted by atomic mass is 19.3. The second-order valence-electron chi connectivity index (χ2n) is 5.84. The van der Waals surface area contributed by atoms with Gasteiger partial charge in [-0.25, -0.2) is 0 Å². The molecule has 0 fully saturated rings. The summed E-state index contributed by atoms with van der Waals surface area (Å²) in [5.74, 6) is 0.770. The zero-order valence-electron chi connectivity index (χ0n) is 14.8. The van der Waals surface area contributed by atoms with E-state index >= 15 is 0 Å². The van der Waals surface area contributed by atoms with Crippen LogP contribution in [0.15, 0.2) is 48.5 Å². The predicted molar refractivity (Wildman–Crippen MR) is 94.8 cm³/mol. The molecule has 0 saturated heterocycles. The zero-order valence-corrected chi connectivity index (χ0v) is 14.8. The Balaban J connectivity index is 1.81. The van der Waals surface area contributed by atoms with Gasteiger partial charge in [0, 0.05) is 11.3 Å². The number of alkyl halides is 2. The summed E-state index contributed by atoms with van der Waals surface area (Å²) in [6.07, 6.45) is 0. The van der Waals surface area contributed by atoms with Crippen molar-refractivity contribution in [1.29, 1.82) is 0 Å². The van der Waals surface area contributed by atoms with E-state index in [0.717, 1.165) is 16.2 Å². The van der Waals surface area contributed by atoms with Crippen LogP contribution in [0.2, 0.25) is 0 Å². The van der Waals surface area contributed by atoms with Crippen molar-refractivity contribution in [2.45, 2.75) is 20.1 Å². The number of hydrogen-bond donors (Lipinski definition) is 2. The number of likely N-dealkylation sites (N-methyl/N-ethyl adjacent to an activating group) is 1. The number of anilines is 1. The Hall–Kier alpha value is -2.67. The minimum absolute atomic E-state index is 0.107. The highest BCUT2D eigenvalue weighted by Gasteiger charge is 2.11. The second kappa shape index (κ2) is 9.72. The van der Waals surface area contributed by atoms with Crippen LogP contribution in [-0.4, -0.2) is 32.7 Å². The first-order valence-corrected chi connectivity index (χ1v) is 8.34. The van der Waals surface area contributed by atoms with E-state index in [4.69, 9.17) is 4.74 Å². The second-order valence-corrected chi connectivity index (χ2v) is 5.84. The van der Waals surface area contributed by atoms with Gasteiger partial charge in [-0.3, -0.25) is 4.79 Å². The highest BCUT2D eigenvalue weighted by Crippen LogP contribution is 2.16. The van der Waals surface area contributed by atoms with E-state index in [9.17, 15) is 13.6 Å². The fourth-order valence-electron chi connectivity index (χ4n) is 2.48. The standard InChI is InChI=1S/C19H22F2N2O3/c1-3-25-16-10-6-15(7-11-16)22-18(24)13-23(2)12-14-4-8-17(9-5-14)26-19(20)21/h4-11,19H,3,12-13H2,1-2H3,(H,22,24)/p+1. The van der Waals surface area contributed by atoms with Crippen LogP contribution in [0.25, 0.3) is 0 Å². The normalized spacial score (nSPS) is 11.9. The van der Waals surface area contributed by atoms with Gasteiger partial charge >= 0.3 is 6.61 Å². The van der Waals surface area contributed by atoms with E-state index in [1.165, 1.54) is 12.1 Å². The molecule has 0 saturated carbocycles. The number of rotatable bonds is 9. The average molecular weight is 365 g/mol. The molecule has 0 aliphatic heterocycles. The average Bonchev–Trinajstić information content (AvgIpc) is 2.58. The zero-order chi connectivity index (χ0) is 18.9. The van der Waals surface area contributed by atoms with Crippen LogP contribution in [0.1, 0.15) is 12.5 Å². The maximum Gasteiger partial charge on any atom is 0.387 e. The molecule has 0 heterocycles. The molecule has 2 aromatic carbocycles. The van der Waals surface area contributed by atoms with E-state index in [0.29, 0.717) is 18.8 Å². The molecule has 140 valence electrons.